The Hall–Kier alpha value is -1.96. The number of anilines is 2. The van der Waals surface area contributed by atoms with Gasteiger partial charge in [0.05, 0.1) is 16.8 Å². The van der Waals surface area contributed by atoms with E-state index in [2.05, 4.69) is 26.6 Å². The molecular weight excluding hydrogens is 405 g/mol. The van der Waals surface area contributed by atoms with Crippen LogP contribution < -0.4 is 10.2 Å². The van der Waals surface area contributed by atoms with Crippen LogP contribution in [-0.4, -0.2) is 43.5 Å². The lowest BCUT2D eigenvalue weighted by Crippen LogP contribution is -2.46. The number of aryl methyl sites for hydroxylation is 1. The van der Waals surface area contributed by atoms with Gasteiger partial charge in [0.15, 0.2) is 0 Å². The summed E-state index contributed by atoms with van der Waals surface area (Å²) in [6.45, 7) is 4.87. The van der Waals surface area contributed by atoms with E-state index in [1.807, 2.05) is 17.4 Å². The van der Waals surface area contributed by atoms with Gasteiger partial charge in [0.2, 0.25) is 5.91 Å². The molecule has 29 heavy (non-hydrogen) atoms. The Morgan fingerprint density at radius 2 is 2.00 bits per heavy atom. The zero-order valence-corrected chi connectivity index (χ0v) is 17.9. The highest BCUT2D eigenvalue weighted by Crippen LogP contribution is 2.35. The molecule has 1 amide bonds. The number of halogens is 1. The number of nitrogens with zero attached hydrogens (tertiary/aromatic N) is 2. The van der Waals surface area contributed by atoms with Gasteiger partial charge < -0.3 is 10.2 Å². The number of rotatable bonds is 4. The molecule has 152 valence electrons. The number of nitrogens with one attached hydrogen (secondary N) is 1. The molecule has 1 aromatic carbocycles. The Kier molecular flexibility index (Phi) is 5.28. The molecule has 0 spiro atoms. The molecule has 4 nitrogen and oxygen atoms in total. The van der Waals surface area contributed by atoms with Crippen molar-refractivity contribution in [3.8, 4) is 0 Å². The molecule has 0 radical (unpaired) electrons. The number of fused-ring (bicyclic) bond motifs is 2. The number of piperazine rings is 1. The molecule has 0 unspecified atom stereocenters. The van der Waals surface area contributed by atoms with Crippen LogP contribution in [0.5, 0.6) is 0 Å². The predicted octanol–water partition coefficient (Wildman–Crippen LogP) is 4.74. The van der Waals surface area contributed by atoms with Crippen LogP contribution >= 0.6 is 22.7 Å². The van der Waals surface area contributed by atoms with Gasteiger partial charge in [-0.05, 0) is 37.5 Å². The molecule has 0 saturated carbocycles. The molecule has 1 saturated heterocycles. The Morgan fingerprint density at radius 3 is 2.86 bits per heavy atom. The van der Waals surface area contributed by atoms with Gasteiger partial charge in [-0.2, -0.15) is 0 Å². The van der Waals surface area contributed by atoms with Crippen LogP contribution in [0.25, 0.3) is 10.1 Å². The SMILES string of the molecule is O=C1CCCc2sc(CCN3CCN(c4csc5cccc(F)c45)CC3)cc2N1. The summed E-state index contributed by atoms with van der Waals surface area (Å²) in [5, 5.41) is 5.91. The number of carbonyl (C=O) groups is 1. The third kappa shape index (κ3) is 3.91. The topological polar surface area (TPSA) is 35.6 Å². The van der Waals surface area contributed by atoms with E-state index in [0.717, 1.165) is 73.4 Å². The van der Waals surface area contributed by atoms with Crippen molar-refractivity contribution in [3.05, 3.63) is 45.2 Å². The van der Waals surface area contributed by atoms with Crippen LogP contribution in [0.1, 0.15) is 22.6 Å². The van der Waals surface area contributed by atoms with Gasteiger partial charge in [-0.15, -0.1) is 22.7 Å². The first kappa shape index (κ1) is 19.0. The molecule has 0 aliphatic carbocycles. The summed E-state index contributed by atoms with van der Waals surface area (Å²) in [7, 11) is 0. The van der Waals surface area contributed by atoms with Crippen LogP contribution in [0.4, 0.5) is 15.8 Å². The molecule has 1 N–H and O–H groups in total. The summed E-state index contributed by atoms with van der Waals surface area (Å²) in [5.41, 5.74) is 2.07. The summed E-state index contributed by atoms with van der Waals surface area (Å²) in [4.78, 5) is 19.2. The average Bonchev–Trinajstić information content (AvgIpc) is 3.28. The highest BCUT2D eigenvalue weighted by molar-refractivity contribution is 7.17. The first-order valence-corrected chi connectivity index (χ1v) is 11.9. The maximum atomic E-state index is 14.3. The highest BCUT2D eigenvalue weighted by Gasteiger charge is 2.21. The van der Waals surface area contributed by atoms with Crippen LogP contribution in [0.3, 0.4) is 0 Å². The lowest BCUT2D eigenvalue weighted by Gasteiger charge is -2.35. The van der Waals surface area contributed by atoms with Crippen LogP contribution in [-0.2, 0) is 17.6 Å². The third-order valence-corrected chi connectivity index (χ3v) is 8.05. The Labute approximate surface area is 177 Å². The van der Waals surface area contributed by atoms with Gasteiger partial charge in [-0.1, -0.05) is 6.07 Å². The van der Waals surface area contributed by atoms with Crippen molar-refractivity contribution in [3.63, 3.8) is 0 Å². The minimum atomic E-state index is -0.120. The quantitative estimate of drug-likeness (QED) is 0.651. The van der Waals surface area contributed by atoms with E-state index in [9.17, 15) is 9.18 Å². The fraction of sp³-hybridized carbons (Fsp3) is 0.409. The molecule has 3 aromatic rings. The Morgan fingerprint density at radius 1 is 1.14 bits per heavy atom. The van der Waals surface area contributed by atoms with Crippen LogP contribution in [0, 0.1) is 5.82 Å². The summed E-state index contributed by atoms with van der Waals surface area (Å²) in [6, 6.07) is 7.50. The Bertz CT molecular complexity index is 1040. The van der Waals surface area contributed by atoms with E-state index in [-0.39, 0.29) is 11.7 Å². The molecule has 2 aliphatic rings. The van der Waals surface area contributed by atoms with Crippen molar-refractivity contribution >= 4 is 50.0 Å². The number of hydrogen-bond acceptors (Lipinski definition) is 5. The molecular formula is C22H24FN3OS2. The lowest BCUT2D eigenvalue weighted by molar-refractivity contribution is -0.116. The Balaban J connectivity index is 1.19. The number of thiophene rings is 2. The second-order valence-corrected chi connectivity index (χ2v) is 9.90. The summed E-state index contributed by atoms with van der Waals surface area (Å²) in [6.07, 6.45) is 3.59. The minimum absolute atomic E-state index is 0.120. The molecule has 2 aromatic heterocycles. The minimum Gasteiger partial charge on any atom is -0.368 e. The first-order valence-electron chi connectivity index (χ1n) is 10.2. The lowest BCUT2D eigenvalue weighted by atomic mass is 10.2. The van der Waals surface area contributed by atoms with Crippen molar-refractivity contribution < 1.29 is 9.18 Å². The van der Waals surface area contributed by atoms with Gasteiger partial charge in [0, 0.05) is 59.0 Å². The summed E-state index contributed by atoms with van der Waals surface area (Å²) in [5.74, 6) is 0.0207. The van der Waals surface area contributed by atoms with Gasteiger partial charge in [-0.25, -0.2) is 4.39 Å². The van der Waals surface area contributed by atoms with Gasteiger partial charge in [0.1, 0.15) is 5.82 Å². The summed E-state index contributed by atoms with van der Waals surface area (Å²) >= 11 is 3.47. The molecule has 5 rings (SSSR count). The second-order valence-electron chi connectivity index (χ2n) is 7.76. The van der Waals surface area contributed by atoms with E-state index in [1.54, 1.807) is 23.5 Å². The van der Waals surface area contributed by atoms with Gasteiger partial charge in [0.25, 0.3) is 0 Å². The van der Waals surface area contributed by atoms with Crippen molar-refractivity contribution in [2.75, 3.05) is 42.9 Å². The zero-order chi connectivity index (χ0) is 19.8. The highest BCUT2D eigenvalue weighted by atomic mass is 32.1. The molecule has 0 atom stereocenters. The first-order chi connectivity index (χ1) is 14.2. The van der Waals surface area contributed by atoms with Crippen molar-refractivity contribution in [2.24, 2.45) is 0 Å². The van der Waals surface area contributed by atoms with Crippen molar-refractivity contribution in [2.45, 2.75) is 25.7 Å². The van der Waals surface area contributed by atoms with E-state index < -0.39 is 0 Å². The fourth-order valence-corrected chi connectivity index (χ4v) is 6.40. The largest absolute Gasteiger partial charge is 0.368 e. The van der Waals surface area contributed by atoms with Crippen molar-refractivity contribution in [1.29, 1.82) is 0 Å². The third-order valence-electron chi connectivity index (χ3n) is 5.86. The standard InChI is InChI=1S/C22H24FN3OS2/c23-16-3-1-5-20-22(16)18(14-28-20)26-11-9-25(10-12-26)8-7-15-13-17-19(29-15)4-2-6-21(27)24-17/h1,3,5,13-14H,2,4,6-12H2,(H,24,27). The number of amides is 1. The normalized spacial score (nSPS) is 18.0. The molecule has 4 heterocycles. The van der Waals surface area contributed by atoms with E-state index in [0.29, 0.717) is 6.42 Å². The fourth-order valence-electron chi connectivity index (χ4n) is 4.26. The number of hydrogen-bond donors (Lipinski definition) is 1. The number of benzene rings is 1. The number of carbonyl (C=O) groups excluding carboxylic acids is 1. The molecule has 0 bridgehead atoms. The van der Waals surface area contributed by atoms with Gasteiger partial charge in [-0.3, -0.25) is 9.69 Å². The van der Waals surface area contributed by atoms with E-state index in [1.165, 1.54) is 9.75 Å². The average molecular weight is 430 g/mol. The van der Waals surface area contributed by atoms with E-state index in [4.69, 9.17) is 0 Å². The zero-order valence-electron chi connectivity index (χ0n) is 16.2. The molecule has 7 heteroatoms. The maximum Gasteiger partial charge on any atom is 0.224 e. The summed E-state index contributed by atoms with van der Waals surface area (Å²) < 4.78 is 15.3. The monoisotopic (exact) mass is 429 g/mol. The van der Waals surface area contributed by atoms with Gasteiger partial charge >= 0.3 is 0 Å². The smallest absolute Gasteiger partial charge is 0.224 e. The molecule has 1 fully saturated rings. The van der Waals surface area contributed by atoms with Crippen LogP contribution in [0.2, 0.25) is 0 Å². The predicted molar refractivity (Wildman–Crippen MR) is 120 cm³/mol. The second kappa shape index (κ2) is 8.05. The van der Waals surface area contributed by atoms with E-state index >= 15 is 0 Å². The van der Waals surface area contributed by atoms with Crippen LogP contribution in [0.15, 0.2) is 29.6 Å². The maximum absolute atomic E-state index is 14.3. The molecule has 2 aliphatic heterocycles. The van der Waals surface area contributed by atoms with Crippen molar-refractivity contribution in [1.82, 2.24) is 4.90 Å².